The van der Waals surface area contributed by atoms with Gasteiger partial charge in [-0.25, -0.2) is 4.79 Å². The molecular weight excluding hydrogens is 356 g/mol. The highest BCUT2D eigenvalue weighted by molar-refractivity contribution is 6.05. The van der Waals surface area contributed by atoms with E-state index in [0.29, 0.717) is 22.6 Å². The number of hydrogen-bond acceptors (Lipinski definition) is 3. The predicted octanol–water partition coefficient (Wildman–Crippen LogP) is 3.82. The van der Waals surface area contributed by atoms with Crippen molar-refractivity contribution in [1.29, 1.82) is 0 Å². The van der Waals surface area contributed by atoms with Crippen LogP contribution in [0, 0.1) is 5.92 Å². The lowest BCUT2D eigenvalue weighted by Crippen LogP contribution is -2.30. The number of carbonyl (C=O) groups excluding carboxylic acids is 3. The van der Waals surface area contributed by atoms with Crippen LogP contribution in [0.2, 0.25) is 0 Å². The number of urea groups is 1. The minimum atomic E-state index is -0.307. The second-order valence-corrected chi connectivity index (χ2v) is 7.13. The Balaban J connectivity index is 1.63. The maximum Gasteiger partial charge on any atom is 0.319 e. The third-order valence-electron chi connectivity index (χ3n) is 4.21. The van der Waals surface area contributed by atoms with Crippen LogP contribution in [0.3, 0.4) is 0 Å². The van der Waals surface area contributed by atoms with Gasteiger partial charge in [-0.1, -0.05) is 26.0 Å². The Labute approximate surface area is 163 Å². The van der Waals surface area contributed by atoms with E-state index in [1.165, 1.54) is 0 Å². The zero-order valence-corrected chi connectivity index (χ0v) is 15.9. The van der Waals surface area contributed by atoms with Crippen LogP contribution in [0.25, 0.3) is 0 Å². The number of nitrogens with one attached hydrogen (secondary N) is 4. The van der Waals surface area contributed by atoms with Crippen LogP contribution >= 0.6 is 0 Å². The molecule has 0 spiro atoms. The molecule has 0 bridgehead atoms. The third kappa shape index (κ3) is 5.57. The lowest BCUT2D eigenvalue weighted by molar-refractivity contribution is -0.118. The van der Waals surface area contributed by atoms with E-state index in [4.69, 9.17) is 0 Å². The van der Waals surface area contributed by atoms with E-state index in [-0.39, 0.29) is 29.8 Å². The summed E-state index contributed by atoms with van der Waals surface area (Å²) in [5.74, 6) is -0.532. The van der Waals surface area contributed by atoms with E-state index in [9.17, 15) is 14.4 Å². The second-order valence-electron chi connectivity index (χ2n) is 7.13. The first kappa shape index (κ1) is 19.4. The number of anilines is 3. The van der Waals surface area contributed by atoms with Gasteiger partial charge in [-0.2, -0.15) is 0 Å². The molecule has 2 aromatic rings. The second kappa shape index (κ2) is 8.56. The van der Waals surface area contributed by atoms with Crippen LogP contribution in [-0.2, 0) is 4.79 Å². The average Bonchev–Trinajstić information content (AvgIpc) is 3.46. The Hall–Kier alpha value is -3.35. The SMILES string of the molecule is CC(C)C(=O)Nc1cccc(NC(=O)c2cccc(NC(=O)NC3CC3)c2)c1. The fourth-order valence-electron chi connectivity index (χ4n) is 2.48. The van der Waals surface area contributed by atoms with Crippen molar-refractivity contribution in [2.75, 3.05) is 16.0 Å². The van der Waals surface area contributed by atoms with E-state index >= 15 is 0 Å². The molecule has 3 rings (SSSR count). The van der Waals surface area contributed by atoms with Crippen LogP contribution in [-0.4, -0.2) is 23.9 Å². The molecule has 2 aromatic carbocycles. The molecule has 28 heavy (non-hydrogen) atoms. The zero-order valence-electron chi connectivity index (χ0n) is 15.9. The molecule has 0 aromatic heterocycles. The van der Waals surface area contributed by atoms with Gasteiger partial charge in [0.05, 0.1) is 0 Å². The molecule has 7 heteroatoms. The van der Waals surface area contributed by atoms with E-state index < -0.39 is 0 Å². The number of hydrogen-bond donors (Lipinski definition) is 4. The fourth-order valence-corrected chi connectivity index (χ4v) is 2.48. The molecular formula is C21H24N4O3. The topological polar surface area (TPSA) is 99.3 Å². The molecule has 0 radical (unpaired) electrons. The van der Waals surface area contributed by atoms with Crippen LogP contribution in [0.15, 0.2) is 48.5 Å². The monoisotopic (exact) mass is 380 g/mol. The molecule has 0 saturated heterocycles. The lowest BCUT2D eigenvalue weighted by atomic mass is 10.1. The molecule has 1 aliphatic carbocycles. The van der Waals surface area contributed by atoms with Crippen molar-refractivity contribution >= 4 is 34.9 Å². The molecule has 1 aliphatic rings. The van der Waals surface area contributed by atoms with Gasteiger partial charge in [-0.15, -0.1) is 0 Å². The fraction of sp³-hybridized carbons (Fsp3) is 0.286. The van der Waals surface area contributed by atoms with Crippen molar-refractivity contribution in [3.63, 3.8) is 0 Å². The van der Waals surface area contributed by atoms with E-state index in [0.717, 1.165) is 12.8 Å². The maximum absolute atomic E-state index is 12.6. The smallest absolute Gasteiger partial charge is 0.319 e. The predicted molar refractivity (Wildman–Crippen MR) is 109 cm³/mol. The number of benzene rings is 2. The Kier molecular flexibility index (Phi) is 5.93. The first-order valence-electron chi connectivity index (χ1n) is 9.30. The van der Waals surface area contributed by atoms with Crippen molar-refractivity contribution in [1.82, 2.24) is 5.32 Å². The molecule has 4 N–H and O–H groups in total. The van der Waals surface area contributed by atoms with Gasteiger partial charge in [0.15, 0.2) is 0 Å². The van der Waals surface area contributed by atoms with Gasteiger partial charge in [0.25, 0.3) is 5.91 Å². The summed E-state index contributed by atoms with van der Waals surface area (Å²) in [6.07, 6.45) is 2.01. The first-order valence-corrected chi connectivity index (χ1v) is 9.30. The minimum absolute atomic E-state index is 0.0910. The Bertz CT molecular complexity index is 891. The maximum atomic E-state index is 12.6. The highest BCUT2D eigenvalue weighted by Gasteiger charge is 2.23. The Morgan fingerprint density at radius 1 is 0.857 bits per heavy atom. The van der Waals surface area contributed by atoms with Gasteiger partial charge >= 0.3 is 6.03 Å². The normalized spacial score (nSPS) is 13.0. The van der Waals surface area contributed by atoms with Crippen molar-refractivity contribution in [3.05, 3.63) is 54.1 Å². The van der Waals surface area contributed by atoms with Crippen LogP contribution < -0.4 is 21.3 Å². The van der Waals surface area contributed by atoms with Gasteiger partial charge in [0, 0.05) is 34.6 Å². The molecule has 0 atom stereocenters. The molecule has 1 fully saturated rings. The van der Waals surface area contributed by atoms with E-state index in [2.05, 4.69) is 21.3 Å². The summed E-state index contributed by atoms with van der Waals surface area (Å²) in [6, 6.07) is 13.7. The summed E-state index contributed by atoms with van der Waals surface area (Å²) in [5.41, 5.74) is 2.14. The Morgan fingerprint density at radius 2 is 1.46 bits per heavy atom. The van der Waals surface area contributed by atoms with Crippen LogP contribution in [0.5, 0.6) is 0 Å². The molecule has 0 unspecified atom stereocenters. The van der Waals surface area contributed by atoms with Crippen molar-refractivity contribution in [2.45, 2.75) is 32.7 Å². The van der Waals surface area contributed by atoms with Crippen molar-refractivity contribution in [2.24, 2.45) is 5.92 Å². The van der Waals surface area contributed by atoms with Crippen molar-refractivity contribution < 1.29 is 14.4 Å². The largest absolute Gasteiger partial charge is 0.335 e. The molecule has 1 saturated carbocycles. The highest BCUT2D eigenvalue weighted by atomic mass is 16.2. The van der Waals surface area contributed by atoms with Gasteiger partial charge < -0.3 is 21.3 Å². The van der Waals surface area contributed by atoms with Gasteiger partial charge in [-0.05, 0) is 49.2 Å². The van der Waals surface area contributed by atoms with Gasteiger partial charge in [0.1, 0.15) is 0 Å². The summed E-state index contributed by atoms with van der Waals surface area (Å²) in [4.78, 5) is 36.2. The summed E-state index contributed by atoms with van der Waals surface area (Å²) in [6.45, 7) is 3.62. The van der Waals surface area contributed by atoms with E-state index in [1.54, 1.807) is 48.5 Å². The number of carbonyl (C=O) groups is 3. The minimum Gasteiger partial charge on any atom is -0.335 e. The van der Waals surface area contributed by atoms with Crippen LogP contribution in [0.4, 0.5) is 21.9 Å². The molecule has 0 aliphatic heterocycles. The molecule has 146 valence electrons. The summed E-state index contributed by atoms with van der Waals surface area (Å²) < 4.78 is 0. The summed E-state index contributed by atoms with van der Waals surface area (Å²) >= 11 is 0. The highest BCUT2D eigenvalue weighted by Crippen LogP contribution is 2.20. The van der Waals surface area contributed by atoms with Gasteiger partial charge in [0.2, 0.25) is 5.91 Å². The van der Waals surface area contributed by atoms with Crippen LogP contribution in [0.1, 0.15) is 37.0 Å². The summed E-state index contributed by atoms with van der Waals surface area (Å²) in [5, 5.41) is 11.2. The quantitative estimate of drug-likeness (QED) is 0.613. The standard InChI is InChI=1S/C21H24N4O3/c1-13(2)19(26)22-17-7-4-8-18(12-17)23-20(27)14-5-3-6-16(11-14)25-21(28)24-15-9-10-15/h3-8,11-13,15H,9-10H2,1-2H3,(H,22,26)(H,23,27)(H2,24,25,28). The lowest BCUT2D eigenvalue weighted by Gasteiger charge is -2.11. The Morgan fingerprint density at radius 3 is 2.11 bits per heavy atom. The van der Waals surface area contributed by atoms with Crippen molar-refractivity contribution in [3.8, 4) is 0 Å². The third-order valence-corrected chi connectivity index (χ3v) is 4.21. The van der Waals surface area contributed by atoms with Gasteiger partial charge in [-0.3, -0.25) is 9.59 Å². The average molecular weight is 380 g/mol. The first-order chi connectivity index (χ1) is 13.4. The number of rotatable bonds is 6. The molecule has 4 amide bonds. The molecule has 0 heterocycles. The number of amides is 4. The summed E-state index contributed by atoms with van der Waals surface area (Å²) in [7, 11) is 0. The molecule has 7 nitrogen and oxygen atoms in total. The van der Waals surface area contributed by atoms with E-state index in [1.807, 2.05) is 13.8 Å². The zero-order chi connectivity index (χ0) is 20.1.